The topological polar surface area (TPSA) is 76.7 Å². The molecule has 0 amide bonds. The summed E-state index contributed by atoms with van der Waals surface area (Å²) in [6.07, 6.45) is 8.80. The van der Waals surface area contributed by atoms with Crippen LogP contribution in [0.3, 0.4) is 0 Å². The van der Waals surface area contributed by atoms with E-state index in [1.165, 1.54) is 47.9 Å². The Morgan fingerprint density at radius 1 is 1.17 bits per heavy atom. The van der Waals surface area contributed by atoms with Gasteiger partial charge in [0.1, 0.15) is 17.0 Å². The van der Waals surface area contributed by atoms with Gasteiger partial charge in [-0.05, 0) is 44.1 Å². The summed E-state index contributed by atoms with van der Waals surface area (Å²) in [7, 11) is 0. The lowest BCUT2D eigenvalue weighted by atomic mass is 9.97. The number of aromatic nitrogens is 4. The molecule has 118 valence electrons. The van der Waals surface area contributed by atoms with E-state index in [2.05, 4.69) is 25.5 Å². The van der Waals surface area contributed by atoms with Gasteiger partial charge in [0.05, 0.1) is 11.9 Å². The molecule has 0 atom stereocenters. The summed E-state index contributed by atoms with van der Waals surface area (Å²) in [4.78, 5) is 11.5. The van der Waals surface area contributed by atoms with E-state index >= 15 is 0 Å². The van der Waals surface area contributed by atoms with Gasteiger partial charge >= 0.3 is 0 Å². The van der Waals surface area contributed by atoms with Gasteiger partial charge in [0.15, 0.2) is 0 Å². The molecule has 1 saturated carbocycles. The fraction of sp³-hybridized carbons (Fsp3) is 0.500. The van der Waals surface area contributed by atoms with Gasteiger partial charge in [-0.15, -0.1) is 21.5 Å². The van der Waals surface area contributed by atoms with Crippen molar-refractivity contribution < 1.29 is 4.42 Å². The molecule has 7 heteroatoms. The van der Waals surface area contributed by atoms with E-state index in [0.717, 1.165) is 23.0 Å². The summed E-state index contributed by atoms with van der Waals surface area (Å²) in [6, 6.07) is 0. The van der Waals surface area contributed by atoms with Crippen molar-refractivity contribution in [2.75, 3.05) is 5.32 Å². The molecule has 23 heavy (non-hydrogen) atoms. The standard InChI is InChI=1S/C16H17N5OS/c1-2-4-11-10(3-1)13-14(18-8-19-16(13)23-11)17-7-12-20-21-15(22-12)9-5-6-9/h8-9H,1-7H2,(H,17,18,19). The highest BCUT2D eigenvalue weighted by molar-refractivity contribution is 7.19. The lowest BCUT2D eigenvalue weighted by molar-refractivity contribution is 0.457. The fourth-order valence-corrected chi connectivity index (χ4v) is 4.45. The zero-order valence-electron chi connectivity index (χ0n) is 12.7. The molecule has 0 radical (unpaired) electrons. The zero-order chi connectivity index (χ0) is 15.2. The Morgan fingerprint density at radius 2 is 2.09 bits per heavy atom. The maximum atomic E-state index is 5.71. The molecule has 2 aliphatic carbocycles. The van der Waals surface area contributed by atoms with Crippen molar-refractivity contribution in [1.82, 2.24) is 20.2 Å². The Labute approximate surface area is 137 Å². The lowest BCUT2D eigenvalue weighted by Crippen LogP contribution is -2.04. The smallest absolute Gasteiger partial charge is 0.235 e. The lowest BCUT2D eigenvalue weighted by Gasteiger charge is -2.11. The molecule has 2 aliphatic rings. The number of thiophene rings is 1. The van der Waals surface area contributed by atoms with Gasteiger partial charge in [-0.25, -0.2) is 9.97 Å². The first-order valence-corrected chi connectivity index (χ1v) is 9.01. The Balaban J connectivity index is 1.43. The molecule has 3 heterocycles. The summed E-state index contributed by atoms with van der Waals surface area (Å²) >= 11 is 1.81. The molecule has 3 aromatic heterocycles. The first kappa shape index (κ1) is 13.4. The molecule has 3 aromatic rings. The fourth-order valence-electron chi connectivity index (χ4n) is 3.22. The number of nitrogens with one attached hydrogen (secondary N) is 1. The first-order valence-electron chi connectivity index (χ1n) is 8.20. The second-order valence-corrected chi connectivity index (χ2v) is 7.36. The van der Waals surface area contributed by atoms with Crippen LogP contribution < -0.4 is 5.32 Å². The van der Waals surface area contributed by atoms with Crippen LogP contribution in [0.25, 0.3) is 10.2 Å². The predicted octanol–water partition coefficient (Wildman–Crippen LogP) is 3.44. The zero-order valence-corrected chi connectivity index (χ0v) is 13.5. The molecule has 0 aromatic carbocycles. The molecule has 5 rings (SSSR count). The molecule has 0 saturated heterocycles. The van der Waals surface area contributed by atoms with Crippen LogP contribution in [0.5, 0.6) is 0 Å². The van der Waals surface area contributed by atoms with Crippen molar-refractivity contribution in [3.63, 3.8) is 0 Å². The van der Waals surface area contributed by atoms with Gasteiger partial charge in [0.25, 0.3) is 0 Å². The summed E-state index contributed by atoms with van der Waals surface area (Å²) in [5, 5.41) is 12.8. The third-order valence-electron chi connectivity index (χ3n) is 4.57. The maximum absolute atomic E-state index is 5.71. The summed E-state index contributed by atoms with van der Waals surface area (Å²) < 4.78 is 5.71. The molecule has 0 spiro atoms. The molecule has 1 N–H and O–H groups in total. The third kappa shape index (κ3) is 2.39. The van der Waals surface area contributed by atoms with Crippen molar-refractivity contribution in [2.45, 2.75) is 51.0 Å². The van der Waals surface area contributed by atoms with Crippen LogP contribution in [0.2, 0.25) is 0 Å². The van der Waals surface area contributed by atoms with E-state index in [0.29, 0.717) is 18.4 Å². The minimum atomic E-state index is 0.492. The number of anilines is 1. The summed E-state index contributed by atoms with van der Waals surface area (Å²) in [5.41, 5.74) is 1.43. The van der Waals surface area contributed by atoms with E-state index in [1.54, 1.807) is 6.33 Å². The Kier molecular flexibility index (Phi) is 3.07. The number of fused-ring (bicyclic) bond motifs is 3. The SMILES string of the molecule is c1nc(NCc2nnc(C3CC3)o2)c2c3c(sc2n1)CCCC3. The van der Waals surface area contributed by atoms with Crippen molar-refractivity contribution in [3.05, 3.63) is 28.5 Å². The van der Waals surface area contributed by atoms with Crippen LogP contribution in [0.15, 0.2) is 10.7 Å². The third-order valence-corrected chi connectivity index (χ3v) is 5.77. The normalized spacial score (nSPS) is 17.4. The minimum absolute atomic E-state index is 0.492. The quantitative estimate of drug-likeness (QED) is 0.791. The largest absolute Gasteiger partial charge is 0.423 e. The van der Waals surface area contributed by atoms with Gasteiger partial charge in [0.2, 0.25) is 11.8 Å². The summed E-state index contributed by atoms with van der Waals surface area (Å²) in [6.45, 7) is 0.510. The van der Waals surface area contributed by atoms with Gasteiger partial charge in [-0.2, -0.15) is 0 Å². The van der Waals surface area contributed by atoms with Crippen LogP contribution in [-0.4, -0.2) is 20.2 Å². The number of hydrogen-bond acceptors (Lipinski definition) is 7. The first-order chi connectivity index (χ1) is 11.4. The number of hydrogen-bond donors (Lipinski definition) is 1. The monoisotopic (exact) mass is 327 g/mol. The van der Waals surface area contributed by atoms with E-state index < -0.39 is 0 Å². The van der Waals surface area contributed by atoms with Gasteiger partial charge < -0.3 is 9.73 Å². The second-order valence-electron chi connectivity index (χ2n) is 6.28. The van der Waals surface area contributed by atoms with Crippen LogP contribution in [-0.2, 0) is 19.4 Å². The van der Waals surface area contributed by atoms with Crippen molar-refractivity contribution in [1.29, 1.82) is 0 Å². The second kappa shape index (κ2) is 5.26. The molecule has 0 unspecified atom stereocenters. The molecular weight excluding hydrogens is 310 g/mol. The number of nitrogens with zero attached hydrogens (tertiary/aromatic N) is 4. The van der Waals surface area contributed by atoms with E-state index in [9.17, 15) is 0 Å². The average Bonchev–Trinajstić information content (AvgIpc) is 3.20. The van der Waals surface area contributed by atoms with Gasteiger partial charge in [-0.3, -0.25) is 0 Å². The maximum Gasteiger partial charge on any atom is 0.235 e. The Bertz CT molecular complexity index is 867. The van der Waals surface area contributed by atoms with E-state index in [-0.39, 0.29) is 0 Å². The molecular formula is C16H17N5OS. The minimum Gasteiger partial charge on any atom is -0.423 e. The van der Waals surface area contributed by atoms with Crippen molar-refractivity contribution >= 4 is 27.4 Å². The molecule has 1 fully saturated rings. The summed E-state index contributed by atoms with van der Waals surface area (Å²) in [5.74, 6) is 2.79. The number of rotatable bonds is 4. The molecule has 6 nitrogen and oxygen atoms in total. The highest BCUT2D eigenvalue weighted by Gasteiger charge is 2.29. The van der Waals surface area contributed by atoms with Crippen LogP contribution >= 0.6 is 11.3 Å². The Morgan fingerprint density at radius 3 is 3.00 bits per heavy atom. The van der Waals surface area contributed by atoms with E-state index in [1.807, 2.05) is 11.3 Å². The van der Waals surface area contributed by atoms with Crippen LogP contribution in [0.4, 0.5) is 5.82 Å². The van der Waals surface area contributed by atoms with Crippen LogP contribution in [0, 0.1) is 0 Å². The van der Waals surface area contributed by atoms with Crippen molar-refractivity contribution in [3.8, 4) is 0 Å². The van der Waals surface area contributed by atoms with Gasteiger partial charge in [-0.1, -0.05) is 0 Å². The predicted molar refractivity (Wildman–Crippen MR) is 87.7 cm³/mol. The number of aryl methyl sites for hydroxylation is 2. The van der Waals surface area contributed by atoms with Crippen LogP contribution in [0.1, 0.15) is 53.8 Å². The Hall–Kier alpha value is -2.02. The highest BCUT2D eigenvalue weighted by atomic mass is 32.1. The van der Waals surface area contributed by atoms with E-state index in [4.69, 9.17) is 4.42 Å². The highest BCUT2D eigenvalue weighted by Crippen LogP contribution is 2.39. The average molecular weight is 327 g/mol. The molecule has 0 aliphatic heterocycles. The molecule has 0 bridgehead atoms. The van der Waals surface area contributed by atoms with Gasteiger partial charge in [0, 0.05) is 10.8 Å². The van der Waals surface area contributed by atoms with Crippen molar-refractivity contribution in [2.24, 2.45) is 0 Å².